The smallest absolute Gasteiger partial charge is 0.335 e. The number of methoxy groups -OCH3 is 1. The number of nitrogens with one attached hydrogen (secondary N) is 1. The van der Waals surface area contributed by atoms with Gasteiger partial charge in [0.2, 0.25) is 5.75 Å². The molecule has 0 radical (unpaired) electrons. The number of hydrogen-bond donors (Lipinski definition) is 2. The highest BCUT2D eigenvalue weighted by atomic mass is 16.6. The van der Waals surface area contributed by atoms with Crippen molar-refractivity contribution >= 4 is 35.3 Å². The first-order chi connectivity index (χ1) is 14.1. The van der Waals surface area contributed by atoms with E-state index in [4.69, 9.17) is 4.74 Å². The lowest BCUT2D eigenvalue weighted by Gasteiger charge is -2.27. The molecule has 1 aliphatic rings. The molecule has 1 fully saturated rings. The average Bonchev–Trinajstić information content (AvgIpc) is 2.64. The Morgan fingerprint density at radius 2 is 1.73 bits per heavy atom. The van der Waals surface area contributed by atoms with Crippen molar-refractivity contribution in [2.45, 2.75) is 13.8 Å². The fraction of sp³-hybridized carbons (Fsp3) is 0.150. The molecule has 0 aliphatic carbocycles. The second kappa shape index (κ2) is 7.66. The summed E-state index contributed by atoms with van der Waals surface area (Å²) in [5, 5.41) is 23.2. The van der Waals surface area contributed by atoms with Crippen LogP contribution in [0.25, 0.3) is 6.08 Å². The molecule has 0 spiro atoms. The summed E-state index contributed by atoms with van der Waals surface area (Å²) >= 11 is 0. The maximum Gasteiger partial charge on any atom is 0.335 e. The molecule has 154 valence electrons. The summed E-state index contributed by atoms with van der Waals surface area (Å²) in [6, 6.07) is 6.41. The van der Waals surface area contributed by atoms with Gasteiger partial charge < -0.3 is 9.84 Å². The molecular weight excluding hydrogens is 394 g/mol. The van der Waals surface area contributed by atoms with Crippen molar-refractivity contribution in [2.75, 3.05) is 12.0 Å². The van der Waals surface area contributed by atoms with E-state index in [0.717, 1.165) is 28.2 Å². The first kappa shape index (κ1) is 20.5. The largest absolute Gasteiger partial charge is 0.500 e. The summed E-state index contributed by atoms with van der Waals surface area (Å²) in [6.45, 7) is 3.60. The average molecular weight is 411 g/mol. The van der Waals surface area contributed by atoms with Crippen molar-refractivity contribution in [2.24, 2.45) is 0 Å². The van der Waals surface area contributed by atoms with E-state index in [-0.39, 0.29) is 17.0 Å². The fourth-order valence-corrected chi connectivity index (χ4v) is 3.13. The molecule has 30 heavy (non-hydrogen) atoms. The summed E-state index contributed by atoms with van der Waals surface area (Å²) in [5.74, 6) is -2.72. The predicted molar refractivity (Wildman–Crippen MR) is 106 cm³/mol. The van der Waals surface area contributed by atoms with Crippen LogP contribution >= 0.6 is 0 Å². The van der Waals surface area contributed by atoms with Crippen LogP contribution in [0, 0.1) is 24.0 Å². The number of imide groups is 2. The van der Waals surface area contributed by atoms with E-state index in [0.29, 0.717) is 0 Å². The van der Waals surface area contributed by atoms with Gasteiger partial charge in [0.25, 0.3) is 11.8 Å². The van der Waals surface area contributed by atoms with Crippen LogP contribution in [0.1, 0.15) is 16.7 Å². The maximum atomic E-state index is 13.0. The Morgan fingerprint density at radius 3 is 2.30 bits per heavy atom. The third-order valence-corrected chi connectivity index (χ3v) is 4.37. The van der Waals surface area contributed by atoms with Crippen LogP contribution in [0.3, 0.4) is 0 Å². The monoisotopic (exact) mass is 411 g/mol. The Kier molecular flexibility index (Phi) is 5.24. The molecule has 2 aromatic carbocycles. The normalized spacial score (nSPS) is 15.4. The van der Waals surface area contributed by atoms with E-state index in [9.17, 15) is 29.6 Å². The molecule has 1 aliphatic heterocycles. The van der Waals surface area contributed by atoms with Crippen LogP contribution in [0.5, 0.6) is 11.5 Å². The van der Waals surface area contributed by atoms with Crippen LogP contribution in [0.4, 0.5) is 16.2 Å². The van der Waals surface area contributed by atoms with Gasteiger partial charge in [-0.3, -0.25) is 25.0 Å². The minimum atomic E-state index is -0.944. The van der Waals surface area contributed by atoms with Crippen molar-refractivity contribution in [3.63, 3.8) is 0 Å². The summed E-state index contributed by atoms with van der Waals surface area (Å²) < 4.78 is 4.92. The zero-order valence-corrected chi connectivity index (χ0v) is 16.3. The lowest BCUT2D eigenvalue weighted by Crippen LogP contribution is -2.54. The van der Waals surface area contributed by atoms with Gasteiger partial charge in [0.1, 0.15) is 5.57 Å². The number of nitro groups is 1. The number of phenols is 1. The molecule has 2 aromatic rings. The number of benzene rings is 2. The van der Waals surface area contributed by atoms with Gasteiger partial charge in [0.15, 0.2) is 5.75 Å². The Balaban J connectivity index is 2.11. The highest BCUT2D eigenvalue weighted by molar-refractivity contribution is 6.39. The molecule has 10 heteroatoms. The second-order valence-electron chi connectivity index (χ2n) is 6.65. The standard InChI is InChI=1S/C20H17N3O7/c1-10-4-11(2)6-13(5-10)22-19(26)14(18(25)21-20(22)27)7-12-8-15(23(28)29)17(24)16(9-12)30-3/h4-9,24H,1-3H3,(H,21,25,27)/b14-7+. The first-order valence-electron chi connectivity index (χ1n) is 8.67. The van der Waals surface area contributed by atoms with Crippen LogP contribution in [0.2, 0.25) is 0 Å². The Bertz CT molecular complexity index is 1120. The van der Waals surface area contributed by atoms with Gasteiger partial charge in [-0.15, -0.1) is 0 Å². The lowest BCUT2D eigenvalue weighted by molar-refractivity contribution is -0.386. The molecular formula is C20H17N3O7. The molecule has 0 saturated carbocycles. The van der Waals surface area contributed by atoms with Gasteiger partial charge in [0, 0.05) is 6.07 Å². The Morgan fingerprint density at radius 1 is 1.10 bits per heavy atom. The molecule has 0 unspecified atom stereocenters. The van der Waals surface area contributed by atoms with Gasteiger partial charge >= 0.3 is 11.7 Å². The van der Waals surface area contributed by atoms with Gasteiger partial charge in [0.05, 0.1) is 17.7 Å². The lowest BCUT2D eigenvalue weighted by atomic mass is 10.0. The SMILES string of the molecule is COc1cc(/C=C2\C(=O)NC(=O)N(c3cc(C)cc(C)c3)C2=O)cc([N+](=O)[O-])c1O. The molecule has 3 rings (SSSR count). The minimum absolute atomic E-state index is 0.0598. The number of aryl methyl sites for hydroxylation is 2. The zero-order valence-electron chi connectivity index (χ0n) is 16.3. The number of nitro benzene ring substituents is 1. The third-order valence-electron chi connectivity index (χ3n) is 4.37. The molecule has 0 bridgehead atoms. The van der Waals surface area contributed by atoms with Crippen molar-refractivity contribution in [1.82, 2.24) is 5.32 Å². The number of phenolic OH excluding ortho intramolecular Hbond substituents is 1. The number of ether oxygens (including phenoxy) is 1. The van der Waals surface area contributed by atoms with Gasteiger partial charge in [-0.2, -0.15) is 0 Å². The summed E-state index contributed by atoms with van der Waals surface area (Å²) in [4.78, 5) is 48.8. The maximum absolute atomic E-state index is 13.0. The number of rotatable bonds is 4. The number of carbonyl (C=O) groups is 3. The quantitative estimate of drug-likeness (QED) is 0.341. The molecule has 0 atom stereocenters. The zero-order chi connectivity index (χ0) is 22.2. The number of nitrogens with zero attached hydrogens (tertiary/aromatic N) is 2. The van der Waals surface area contributed by atoms with E-state index in [1.54, 1.807) is 26.0 Å². The summed E-state index contributed by atoms with van der Waals surface area (Å²) in [6.07, 6.45) is 1.09. The number of carbonyl (C=O) groups excluding carboxylic acids is 3. The summed E-state index contributed by atoms with van der Waals surface area (Å²) in [7, 11) is 1.20. The minimum Gasteiger partial charge on any atom is -0.500 e. The highest BCUT2D eigenvalue weighted by Gasteiger charge is 2.37. The van der Waals surface area contributed by atoms with Crippen molar-refractivity contribution in [1.29, 1.82) is 0 Å². The van der Waals surface area contributed by atoms with Gasteiger partial charge in [-0.1, -0.05) is 6.07 Å². The predicted octanol–water partition coefficient (Wildman–Crippen LogP) is 2.59. The molecule has 4 amide bonds. The van der Waals surface area contributed by atoms with E-state index in [1.807, 2.05) is 6.07 Å². The number of anilines is 1. The topological polar surface area (TPSA) is 139 Å². The van der Waals surface area contributed by atoms with Gasteiger partial charge in [-0.05, 0) is 54.8 Å². The molecule has 10 nitrogen and oxygen atoms in total. The fourth-order valence-electron chi connectivity index (χ4n) is 3.13. The third kappa shape index (κ3) is 3.70. The van der Waals surface area contributed by atoms with Crippen molar-refractivity contribution < 1.29 is 29.2 Å². The van der Waals surface area contributed by atoms with E-state index < -0.39 is 39.8 Å². The number of hydrogen-bond acceptors (Lipinski definition) is 7. The first-order valence-corrected chi connectivity index (χ1v) is 8.67. The van der Waals surface area contributed by atoms with Crippen molar-refractivity contribution in [3.8, 4) is 11.5 Å². The van der Waals surface area contributed by atoms with Crippen LogP contribution in [-0.2, 0) is 9.59 Å². The Labute approximate surface area is 170 Å². The van der Waals surface area contributed by atoms with Crippen molar-refractivity contribution in [3.05, 3.63) is 62.7 Å². The van der Waals surface area contributed by atoms with Gasteiger partial charge in [-0.25, -0.2) is 9.69 Å². The van der Waals surface area contributed by atoms with Crippen LogP contribution in [-0.4, -0.2) is 35.0 Å². The van der Waals surface area contributed by atoms with Crippen LogP contribution in [0.15, 0.2) is 35.9 Å². The van der Waals surface area contributed by atoms with E-state index >= 15 is 0 Å². The molecule has 2 N–H and O–H groups in total. The molecule has 1 heterocycles. The second-order valence-corrected chi connectivity index (χ2v) is 6.65. The van der Waals surface area contributed by atoms with E-state index in [1.165, 1.54) is 13.2 Å². The molecule has 1 saturated heterocycles. The number of urea groups is 1. The van der Waals surface area contributed by atoms with E-state index in [2.05, 4.69) is 5.32 Å². The highest BCUT2D eigenvalue weighted by Crippen LogP contribution is 2.37. The number of aromatic hydroxyl groups is 1. The molecule has 0 aromatic heterocycles. The summed E-state index contributed by atoms with van der Waals surface area (Å²) in [5.41, 5.74) is 0.897. The number of amides is 4. The number of barbiturate groups is 1. The Hall–Kier alpha value is -4.21. The van der Waals surface area contributed by atoms with Crippen LogP contribution < -0.4 is 15.0 Å².